The van der Waals surface area contributed by atoms with Gasteiger partial charge in [0.05, 0.1) is 6.10 Å². The number of hydrogen-bond acceptors (Lipinski definition) is 2. The van der Waals surface area contributed by atoms with E-state index in [2.05, 4.69) is 18.9 Å². The maximum atomic E-state index is 5.49. The van der Waals surface area contributed by atoms with Crippen molar-refractivity contribution in [2.24, 2.45) is 0 Å². The van der Waals surface area contributed by atoms with Gasteiger partial charge in [-0.15, -0.1) is 0 Å². The molecular weight excluding hydrogens is 114 g/mol. The zero-order valence-corrected chi connectivity index (χ0v) is 6.05. The highest BCUT2D eigenvalue weighted by atomic mass is 16.6. The van der Waals surface area contributed by atoms with Crippen LogP contribution in [-0.2, 0) is 4.74 Å². The normalized spacial score (nSPS) is 50.7. The molecule has 9 heavy (non-hydrogen) atoms. The van der Waals surface area contributed by atoms with Crippen LogP contribution in [0.5, 0.6) is 0 Å². The minimum absolute atomic E-state index is 0.300. The molecule has 0 aromatic rings. The topological polar surface area (TPSA) is 15.8 Å². The first-order chi connectivity index (χ1) is 4.23. The average molecular weight is 127 g/mol. The summed E-state index contributed by atoms with van der Waals surface area (Å²) in [7, 11) is 2.16. The lowest BCUT2D eigenvalue weighted by molar-refractivity contribution is 0.290. The fourth-order valence-electron chi connectivity index (χ4n) is 1.74. The molecule has 0 aromatic carbocycles. The minimum Gasteiger partial charge on any atom is -0.365 e. The highest BCUT2D eigenvalue weighted by molar-refractivity contribution is 5.06. The molecule has 0 radical (unpaired) electrons. The van der Waals surface area contributed by atoms with Crippen LogP contribution in [0.3, 0.4) is 0 Å². The molecule has 2 fully saturated rings. The Hall–Kier alpha value is -0.0800. The van der Waals surface area contributed by atoms with E-state index in [1.807, 2.05) is 0 Å². The van der Waals surface area contributed by atoms with Crippen LogP contribution in [0.25, 0.3) is 0 Å². The molecule has 2 rings (SSSR count). The van der Waals surface area contributed by atoms with Crippen LogP contribution in [0.2, 0.25) is 0 Å². The Morgan fingerprint density at radius 2 is 2.33 bits per heavy atom. The van der Waals surface area contributed by atoms with E-state index >= 15 is 0 Å². The summed E-state index contributed by atoms with van der Waals surface area (Å²) in [6.45, 7) is 4.53. The quantitative estimate of drug-likeness (QED) is 0.440. The Morgan fingerprint density at radius 3 is 2.56 bits per heavy atom. The van der Waals surface area contributed by atoms with Gasteiger partial charge in [0.2, 0.25) is 0 Å². The molecule has 0 amide bonds. The lowest BCUT2D eigenvalue weighted by atomic mass is 10.1. The van der Waals surface area contributed by atoms with Crippen molar-refractivity contribution in [1.29, 1.82) is 0 Å². The van der Waals surface area contributed by atoms with E-state index in [0.717, 1.165) is 6.54 Å². The SMILES string of the molecule is CC1OC12CCN(C)C2. The molecule has 2 aliphatic rings. The molecule has 2 heteroatoms. The van der Waals surface area contributed by atoms with Crippen LogP contribution in [-0.4, -0.2) is 36.7 Å². The Labute approximate surface area is 55.8 Å². The van der Waals surface area contributed by atoms with Crippen molar-refractivity contribution in [2.75, 3.05) is 20.1 Å². The summed E-state index contributed by atoms with van der Waals surface area (Å²) < 4.78 is 5.49. The molecule has 2 saturated heterocycles. The largest absolute Gasteiger partial charge is 0.365 e. The zero-order valence-electron chi connectivity index (χ0n) is 6.05. The van der Waals surface area contributed by atoms with E-state index in [1.54, 1.807) is 0 Å². The molecule has 2 unspecified atom stereocenters. The van der Waals surface area contributed by atoms with E-state index in [0.29, 0.717) is 11.7 Å². The predicted molar refractivity (Wildman–Crippen MR) is 35.4 cm³/mol. The van der Waals surface area contributed by atoms with Gasteiger partial charge in [-0.1, -0.05) is 0 Å². The van der Waals surface area contributed by atoms with Crippen LogP contribution in [0, 0.1) is 0 Å². The summed E-state index contributed by atoms with van der Waals surface area (Å²) in [5.41, 5.74) is 0.300. The molecular formula is C7H13NO. The Morgan fingerprint density at radius 1 is 1.67 bits per heavy atom. The van der Waals surface area contributed by atoms with Crippen LogP contribution in [0.1, 0.15) is 13.3 Å². The molecule has 2 aliphatic heterocycles. The molecule has 0 N–H and O–H groups in total. The third kappa shape index (κ3) is 0.700. The Bertz CT molecular complexity index is 135. The molecule has 0 aliphatic carbocycles. The summed E-state index contributed by atoms with van der Waals surface area (Å²) in [5, 5.41) is 0. The number of likely N-dealkylation sites (N-methyl/N-ethyl adjacent to an activating group) is 1. The zero-order chi connectivity index (χ0) is 6.48. The van der Waals surface area contributed by atoms with Crippen LogP contribution < -0.4 is 0 Å². The van der Waals surface area contributed by atoms with Gasteiger partial charge in [0, 0.05) is 13.1 Å². The Kier molecular flexibility index (Phi) is 0.945. The summed E-state index contributed by atoms with van der Waals surface area (Å²) in [5.74, 6) is 0. The first-order valence-electron chi connectivity index (χ1n) is 3.59. The highest BCUT2D eigenvalue weighted by Crippen LogP contribution is 2.43. The lowest BCUT2D eigenvalue weighted by Gasteiger charge is -2.04. The number of likely N-dealkylation sites (tertiary alicyclic amines) is 1. The average Bonchev–Trinajstić information content (AvgIpc) is 2.17. The minimum atomic E-state index is 0.300. The second-order valence-electron chi connectivity index (χ2n) is 3.31. The van der Waals surface area contributed by atoms with Crippen molar-refractivity contribution in [3.8, 4) is 0 Å². The second-order valence-corrected chi connectivity index (χ2v) is 3.31. The number of rotatable bonds is 0. The first-order valence-corrected chi connectivity index (χ1v) is 3.59. The predicted octanol–water partition coefficient (Wildman–Crippen LogP) is 0.479. The summed E-state index contributed by atoms with van der Waals surface area (Å²) >= 11 is 0. The van der Waals surface area contributed by atoms with Crippen molar-refractivity contribution in [2.45, 2.75) is 25.0 Å². The van der Waals surface area contributed by atoms with Gasteiger partial charge < -0.3 is 9.64 Å². The van der Waals surface area contributed by atoms with Crippen molar-refractivity contribution < 1.29 is 4.74 Å². The Balaban J connectivity index is 2.03. The van der Waals surface area contributed by atoms with Crippen LogP contribution >= 0.6 is 0 Å². The van der Waals surface area contributed by atoms with Gasteiger partial charge in [0.1, 0.15) is 5.60 Å². The van der Waals surface area contributed by atoms with Crippen molar-refractivity contribution in [3.63, 3.8) is 0 Å². The summed E-state index contributed by atoms with van der Waals surface area (Å²) in [4.78, 5) is 2.34. The fourth-order valence-corrected chi connectivity index (χ4v) is 1.74. The van der Waals surface area contributed by atoms with Gasteiger partial charge in [-0.05, 0) is 20.4 Å². The molecule has 0 saturated carbocycles. The van der Waals surface area contributed by atoms with E-state index in [-0.39, 0.29) is 0 Å². The molecule has 52 valence electrons. The van der Waals surface area contributed by atoms with Crippen LogP contribution in [0.4, 0.5) is 0 Å². The van der Waals surface area contributed by atoms with Gasteiger partial charge in [-0.2, -0.15) is 0 Å². The van der Waals surface area contributed by atoms with E-state index in [1.165, 1.54) is 13.0 Å². The van der Waals surface area contributed by atoms with E-state index in [9.17, 15) is 0 Å². The second kappa shape index (κ2) is 1.50. The third-order valence-electron chi connectivity index (χ3n) is 2.55. The molecule has 0 aromatic heterocycles. The van der Waals surface area contributed by atoms with Gasteiger partial charge >= 0.3 is 0 Å². The number of nitrogens with zero attached hydrogens (tertiary/aromatic N) is 1. The van der Waals surface area contributed by atoms with Gasteiger partial charge in [-0.25, -0.2) is 0 Å². The maximum Gasteiger partial charge on any atom is 0.108 e. The third-order valence-corrected chi connectivity index (χ3v) is 2.55. The molecule has 2 nitrogen and oxygen atoms in total. The summed E-state index contributed by atoms with van der Waals surface area (Å²) in [6, 6.07) is 0. The molecule has 2 heterocycles. The highest BCUT2D eigenvalue weighted by Gasteiger charge is 2.56. The van der Waals surface area contributed by atoms with Crippen LogP contribution in [0.15, 0.2) is 0 Å². The standard InChI is InChI=1S/C7H13NO/c1-6-7(9-6)3-4-8(2)5-7/h6H,3-5H2,1-2H3. The molecule has 0 bridgehead atoms. The fraction of sp³-hybridized carbons (Fsp3) is 1.00. The van der Waals surface area contributed by atoms with E-state index < -0.39 is 0 Å². The van der Waals surface area contributed by atoms with Crippen molar-refractivity contribution in [1.82, 2.24) is 4.90 Å². The molecule has 1 spiro atoms. The van der Waals surface area contributed by atoms with E-state index in [4.69, 9.17) is 4.74 Å². The number of ether oxygens (including phenoxy) is 1. The number of hydrogen-bond donors (Lipinski definition) is 0. The van der Waals surface area contributed by atoms with Crippen molar-refractivity contribution >= 4 is 0 Å². The van der Waals surface area contributed by atoms with Gasteiger partial charge in [0.15, 0.2) is 0 Å². The smallest absolute Gasteiger partial charge is 0.108 e. The lowest BCUT2D eigenvalue weighted by Crippen LogP contribution is -2.20. The monoisotopic (exact) mass is 127 g/mol. The van der Waals surface area contributed by atoms with Crippen molar-refractivity contribution in [3.05, 3.63) is 0 Å². The maximum absolute atomic E-state index is 5.49. The van der Waals surface area contributed by atoms with Gasteiger partial charge in [0.25, 0.3) is 0 Å². The number of epoxide rings is 1. The van der Waals surface area contributed by atoms with Gasteiger partial charge in [-0.3, -0.25) is 0 Å². The first kappa shape index (κ1) is 5.69. The summed E-state index contributed by atoms with van der Waals surface area (Å²) in [6.07, 6.45) is 1.77. The molecule has 2 atom stereocenters.